The quantitative estimate of drug-likeness (QED) is 0.548. The highest BCUT2D eigenvalue weighted by atomic mass is 28.3. The largest absolute Gasteiger partial charge is 0.399 e. The average molecular weight is 178 g/mol. The summed E-state index contributed by atoms with van der Waals surface area (Å²) >= 11 is 0. The Hall–Kier alpha value is -0.593. The van der Waals surface area contributed by atoms with Crippen LogP contribution < -0.4 is 11.1 Å². The molecule has 0 aliphatic rings. The van der Waals surface area contributed by atoms with Crippen molar-refractivity contribution in [2.24, 2.45) is 5.73 Å². The highest BCUT2D eigenvalue weighted by Crippen LogP contribution is 1.92. The fraction of sp³-hybridized carbons (Fsp3) is 0.800. The first-order valence-electron chi connectivity index (χ1n) is 3.23. The Morgan fingerprint density at radius 1 is 1.55 bits per heavy atom. The molecule has 0 aromatic carbocycles. The predicted molar refractivity (Wildman–Crippen MR) is 43.3 cm³/mol. The van der Waals surface area contributed by atoms with Crippen LogP contribution in [0.1, 0.15) is 6.92 Å². The second kappa shape index (κ2) is 5.11. The maximum Gasteiger partial charge on any atom is 0.343 e. The smallest absolute Gasteiger partial charge is 0.343 e. The van der Waals surface area contributed by atoms with Gasteiger partial charge in [-0.25, -0.2) is 4.79 Å². The summed E-state index contributed by atoms with van der Waals surface area (Å²) in [5.41, 5.74) is 4.79. The molecule has 0 aromatic heterocycles. The first kappa shape index (κ1) is 10.4. The van der Waals surface area contributed by atoms with Gasteiger partial charge in [-0.3, -0.25) is 0 Å². The van der Waals surface area contributed by atoms with E-state index in [4.69, 9.17) is 14.6 Å². The number of nitrogens with two attached hydrogens (primary N) is 1. The van der Waals surface area contributed by atoms with Crippen molar-refractivity contribution in [1.82, 2.24) is 5.32 Å². The first-order chi connectivity index (χ1) is 5.11. The van der Waals surface area contributed by atoms with Crippen LogP contribution in [0.4, 0.5) is 4.79 Å². The van der Waals surface area contributed by atoms with Crippen LogP contribution in [-0.2, 0) is 8.85 Å². The zero-order chi connectivity index (χ0) is 8.85. The van der Waals surface area contributed by atoms with E-state index in [0.717, 1.165) is 0 Å². The van der Waals surface area contributed by atoms with E-state index >= 15 is 0 Å². The molecule has 0 rings (SSSR count). The Bertz CT molecular complexity index is 129. The molecule has 0 spiro atoms. The van der Waals surface area contributed by atoms with Crippen LogP contribution in [0.15, 0.2) is 0 Å². The molecular weight excluding hydrogens is 164 g/mol. The number of hydrogen-bond acceptors (Lipinski definition) is 3. The minimum absolute atomic E-state index is 0.109. The zero-order valence-electron chi connectivity index (χ0n) is 6.96. The number of carbonyl (C=O) groups is 1. The van der Waals surface area contributed by atoms with Crippen LogP contribution in [0.5, 0.6) is 0 Å². The molecule has 66 valence electrons. The van der Waals surface area contributed by atoms with Gasteiger partial charge in [0.2, 0.25) is 0 Å². The van der Waals surface area contributed by atoms with E-state index in [-0.39, 0.29) is 5.67 Å². The molecule has 0 aliphatic carbocycles. The van der Waals surface area contributed by atoms with Gasteiger partial charge in [0, 0.05) is 14.2 Å². The molecule has 0 saturated carbocycles. The maximum atomic E-state index is 10.4. The summed E-state index contributed by atoms with van der Waals surface area (Å²) in [5.74, 6) is 0. The number of rotatable bonds is 4. The maximum absolute atomic E-state index is 10.4. The SMILES string of the molecule is CO[SiH](OC)C(C)NC(N)=O. The number of nitrogens with one attached hydrogen (secondary N) is 1. The van der Waals surface area contributed by atoms with Crippen LogP contribution in [0.25, 0.3) is 0 Å². The van der Waals surface area contributed by atoms with Crippen LogP contribution in [0.2, 0.25) is 0 Å². The summed E-state index contributed by atoms with van der Waals surface area (Å²) < 4.78 is 10.0. The molecule has 5 nitrogen and oxygen atoms in total. The number of carbonyl (C=O) groups excluding carboxylic acids is 1. The molecule has 3 N–H and O–H groups in total. The van der Waals surface area contributed by atoms with E-state index in [9.17, 15) is 4.79 Å². The van der Waals surface area contributed by atoms with Gasteiger partial charge < -0.3 is 19.9 Å². The lowest BCUT2D eigenvalue weighted by Crippen LogP contribution is -2.48. The van der Waals surface area contributed by atoms with Gasteiger partial charge in [0.25, 0.3) is 0 Å². The topological polar surface area (TPSA) is 73.6 Å². The van der Waals surface area contributed by atoms with Gasteiger partial charge in [-0.2, -0.15) is 0 Å². The summed E-state index contributed by atoms with van der Waals surface area (Å²) in [5, 5.41) is 2.50. The molecule has 0 heterocycles. The van der Waals surface area contributed by atoms with Crippen molar-refractivity contribution in [3.05, 3.63) is 0 Å². The van der Waals surface area contributed by atoms with Gasteiger partial charge in [-0.05, 0) is 6.92 Å². The van der Waals surface area contributed by atoms with E-state index in [1.54, 1.807) is 21.1 Å². The predicted octanol–water partition coefficient (Wildman–Crippen LogP) is -0.904. The molecule has 0 bridgehead atoms. The summed E-state index contributed by atoms with van der Waals surface area (Å²) in [6, 6.07) is -0.552. The summed E-state index contributed by atoms with van der Waals surface area (Å²) in [6.07, 6.45) is 0. The van der Waals surface area contributed by atoms with Crippen LogP contribution >= 0.6 is 0 Å². The second-order valence-electron chi connectivity index (χ2n) is 2.14. The normalized spacial score (nSPS) is 13.1. The minimum Gasteiger partial charge on any atom is -0.399 e. The Kier molecular flexibility index (Phi) is 4.83. The summed E-state index contributed by atoms with van der Waals surface area (Å²) in [4.78, 5) is 10.4. The van der Waals surface area contributed by atoms with E-state index in [1.807, 2.05) is 0 Å². The molecule has 0 radical (unpaired) electrons. The zero-order valence-corrected chi connectivity index (χ0v) is 8.11. The van der Waals surface area contributed by atoms with Crippen LogP contribution in [-0.4, -0.2) is 35.2 Å². The average Bonchev–Trinajstić information content (AvgIpc) is 1.88. The Morgan fingerprint density at radius 2 is 2.00 bits per heavy atom. The van der Waals surface area contributed by atoms with Crippen molar-refractivity contribution in [3.63, 3.8) is 0 Å². The van der Waals surface area contributed by atoms with Crippen molar-refractivity contribution >= 4 is 15.3 Å². The molecule has 2 amide bonds. The van der Waals surface area contributed by atoms with Crippen molar-refractivity contribution in [1.29, 1.82) is 0 Å². The third-order valence-electron chi connectivity index (χ3n) is 1.24. The monoisotopic (exact) mass is 178 g/mol. The second-order valence-corrected chi connectivity index (χ2v) is 4.82. The van der Waals surface area contributed by atoms with Crippen molar-refractivity contribution in [2.75, 3.05) is 14.2 Å². The number of amides is 2. The molecule has 1 atom stereocenters. The third-order valence-corrected chi connectivity index (χ3v) is 3.16. The Morgan fingerprint density at radius 3 is 2.27 bits per heavy atom. The summed E-state index contributed by atoms with van der Waals surface area (Å²) in [7, 11) is 1.36. The van der Waals surface area contributed by atoms with Gasteiger partial charge >= 0.3 is 15.3 Å². The van der Waals surface area contributed by atoms with Crippen molar-refractivity contribution in [2.45, 2.75) is 12.6 Å². The Labute approximate surface area is 67.7 Å². The number of primary amides is 1. The fourth-order valence-corrected chi connectivity index (χ4v) is 2.11. The first-order valence-corrected chi connectivity index (χ1v) is 4.84. The molecule has 1 unspecified atom stereocenters. The summed E-state index contributed by atoms with van der Waals surface area (Å²) in [6.45, 7) is 1.80. The lowest BCUT2D eigenvalue weighted by atomic mass is 10.7. The van der Waals surface area contributed by atoms with Crippen molar-refractivity contribution in [3.8, 4) is 0 Å². The molecule has 0 saturated heterocycles. The number of hydrogen-bond donors (Lipinski definition) is 2. The molecule has 0 aromatic rings. The van der Waals surface area contributed by atoms with Gasteiger partial charge in [-0.1, -0.05) is 0 Å². The molecule has 11 heavy (non-hydrogen) atoms. The minimum atomic E-state index is -1.75. The lowest BCUT2D eigenvalue weighted by Gasteiger charge is -2.18. The highest BCUT2D eigenvalue weighted by molar-refractivity contribution is 6.46. The molecular formula is C5H14N2O3Si. The lowest BCUT2D eigenvalue weighted by molar-refractivity contribution is 0.238. The van der Waals surface area contributed by atoms with E-state index in [1.165, 1.54) is 0 Å². The van der Waals surface area contributed by atoms with E-state index in [2.05, 4.69) is 5.32 Å². The van der Waals surface area contributed by atoms with Gasteiger partial charge in [0.05, 0.1) is 5.67 Å². The fourth-order valence-electron chi connectivity index (χ4n) is 0.797. The molecule has 6 heteroatoms. The van der Waals surface area contributed by atoms with Crippen LogP contribution in [0.3, 0.4) is 0 Å². The van der Waals surface area contributed by atoms with E-state index < -0.39 is 15.3 Å². The standard InChI is InChI=1S/C5H14N2O3Si/c1-4(7-5(6)8)11(9-2)10-3/h4,11H,1-3H3,(H3,6,7,8). The molecule has 0 aliphatic heterocycles. The van der Waals surface area contributed by atoms with Gasteiger partial charge in [-0.15, -0.1) is 0 Å². The highest BCUT2D eigenvalue weighted by Gasteiger charge is 2.20. The third kappa shape index (κ3) is 3.97. The number of urea groups is 1. The van der Waals surface area contributed by atoms with Crippen LogP contribution in [0, 0.1) is 0 Å². The van der Waals surface area contributed by atoms with Gasteiger partial charge in [0.1, 0.15) is 0 Å². The molecule has 0 fully saturated rings. The van der Waals surface area contributed by atoms with E-state index in [0.29, 0.717) is 0 Å². The Balaban J connectivity index is 3.78. The van der Waals surface area contributed by atoms with Crippen molar-refractivity contribution < 1.29 is 13.6 Å². The van der Waals surface area contributed by atoms with Gasteiger partial charge in [0.15, 0.2) is 0 Å².